The fourth-order valence-corrected chi connectivity index (χ4v) is 4.40. The lowest BCUT2D eigenvalue weighted by atomic mass is 10.2. The molecule has 0 aliphatic heterocycles. The van der Waals surface area contributed by atoms with Crippen LogP contribution in [0.15, 0.2) is 63.5 Å². The van der Waals surface area contributed by atoms with Crippen molar-refractivity contribution in [3.8, 4) is 17.1 Å². The van der Waals surface area contributed by atoms with Gasteiger partial charge in [-0.25, -0.2) is 9.07 Å². The standard InChI is InChI=1S/C17H11FN4OS3/c18-12-8-6-11(7-9-12)15-19-14(21-23-15)10-25-16-20-22(17(24)26-16)13-4-2-1-3-5-13/h1-9H,10H2. The van der Waals surface area contributed by atoms with Gasteiger partial charge in [-0.15, -0.1) is 5.10 Å². The van der Waals surface area contributed by atoms with Gasteiger partial charge in [0.1, 0.15) is 5.82 Å². The van der Waals surface area contributed by atoms with E-state index in [9.17, 15) is 4.39 Å². The van der Waals surface area contributed by atoms with Gasteiger partial charge in [-0.3, -0.25) is 0 Å². The van der Waals surface area contributed by atoms with Gasteiger partial charge >= 0.3 is 0 Å². The minimum Gasteiger partial charge on any atom is -0.334 e. The van der Waals surface area contributed by atoms with Gasteiger partial charge in [0, 0.05) is 5.56 Å². The van der Waals surface area contributed by atoms with Gasteiger partial charge in [-0.05, 0) is 48.6 Å². The minimum absolute atomic E-state index is 0.306. The van der Waals surface area contributed by atoms with E-state index in [4.69, 9.17) is 16.7 Å². The highest BCUT2D eigenvalue weighted by molar-refractivity contribution is 8.00. The molecule has 130 valence electrons. The lowest BCUT2D eigenvalue weighted by Gasteiger charge is -1.98. The molecule has 0 saturated heterocycles. The van der Waals surface area contributed by atoms with Crippen molar-refractivity contribution >= 4 is 35.3 Å². The Kier molecular flexibility index (Phi) is 4.91. The van der Waals surface area contributed by atoms with Crippen LogP contribution in [0, 0.1) is 9.77 Å². The number of halogens is 1. The first-order valence-electron chi connectivity index (χ1n) is 7.56. The van der Waals surface area contributed by atoms with Crippen molar-refractivity contribution in [1.82, 2.24) is 19.9 Å². The molecule has 4 aromatic rings. The maximum absolute atomic E-state index is 13.0. The molecule has 5 nitrogen and oxygen atoms in total. The lowest BCUT2D eigenvalue weighted by molar-refractivity contribution is 0.425. The second-order valence-corrected chi connectivity index (χ2v) is 8.04. The van der Waals surface area contributed by atoms with E-state index in [1.54, 1.807) is 16.8 Å². The number of thioether (sulfide) groups is 1. The van der Waals surface area contributed by atoms with Crippen LogP contribution < -0.4 is 0 Å². The molecule has 0 fully saturated rings. The number of nitrogens with zero attached hydrogens (tertiary/aromatic N) is 4. The molecule has 2 heterocycles. The molecule has 0 bridgehead atoms. The summed E-state index contributed by atoms with van der Waals surface area (Å²) in [6.45, 7) is 0. The molecular weight excluding hydrogens is 391 g/mol. The summed E-state index contributed by atoms with van der Waals surface area (Å²) in [5.41, 5.74) is 1.61. The first-order chi connectivity index (χ1) is 12.7. The second-order valence-electron chi connectivity index (χ2n) is 5.19. The molecule has 2 aromatic heterocycles. The predicted molar refractivity (Wildman–Crippen MR) is 102 cm³/mol. The molecule has 9 heteroatoms. The van der Waals surface area contributed by atoms with Crippen LogP contribution >= 0.6 is 35.3 Å². The number of para-hydroxylation sites is 1. The highest BCUT2D eigenvalue weighted by Crippen LogP contribution is 2.27. The highest BCUT2D eigenvalue weighted by Gasteiger charge is 2.11. The van der Waals surface area contributed by atoms with E-state index in [2.05, 4.69) is 15.2 Å². The zero-order valence-electron chi connectivity index (χ0n) is 13.2. The lowest BCUT2D eigenvalue weighted by Crippen LogP contribution is -1.95. The van der Waals surface area contributed by atoms with Crippen molar-refractivity contribution in [2.24, 2.45) is 0 Å². The van der Waals surface area contributed by atoms with Gasteiger partial charge in [-0.2, -0.15) is 4.98 Å². The minimum atomic E-state index is -0.306. The van der Waals surface area contributed by atoms with Crippen molar-refractivity contribution < 1.29 is 8.91 Å². The molecule has 0 saturated carbocycles. The summed E-state index contributed by atoms with van der Waals surface area (Å²) in [5, 5.41) is 8.50. The van der Waals surface area contributed by atoms with Gasteiger partial charge in [0.25, 0.3) is 5.89 Å². The van der Waals surface area contributed by atoms with Crippen molar-refractivity contribution in [2.75, 3.05) is 0 Å². The van der Waals surface area contributed by atoms with Crippen molar-refractivity contribution in [1.29, 1.82) is 0 Å². The third kappa shape index (κ3) is 3.74. The van der Waals surface area contributed by atoms with Crippen LogP contribution in [-0.4, -0.2) is 19.9 Å². The van der Waals surface area contributed by atoms with E-state index >= 15 is 0 Å². The van der Waals surface area contributed by atoms with E-state index in [0.29, 0.717) is 27.0 Å². The molecule has 0 N–H and O–H groups in total. The van der Waals surface area contributed by atoms with Crippen molar-refractivity contribution in [3.63, 3.8) is 0 Å². The molecular formula is C17H11FN4OS3. The average Bonchev–Trinajstić information content (AvgIpc) is 3.28. The summed E-state index contributed by atoms with van der Waals surface area (Å²) in [7, 11) is 0. The average molecular weight is 403 g/mol. The monoisotopic (exact) mass is 402 g/mol. The van der Waals surface area contributed by atoms with Crippen LogP contribution in [0.5, 0.6) is 0 Å². The molecule has 0 radical (unpaired) electrons. The van der Waals surface area contributed by atoms with Gasteiger partial charge in [0.05, 0.1) is 11.4 Å². The highest BCUT2D eigenvalue weighted by atomic mass is 32.2. The van der Waals surface area contributed by atoms with Crippen molar-refractivity contribution in [2.45, 2.75) is 10.1 Å². The fraction of sp³-hybridized carbons (Fsp3) is 0.0588. The normalized spacial score (nSPS) is 11.0. The molecule has 2 aromatic carbocycles. The largest absolute Gasteiger partial charge is 0.334 e. The third-order valence-electron chi connectivity index (χ3n) is 3.41. The molecule has 0 amide bonds. The summed E-state index contributed by atoms with van der Waals surface area (Å²) in [6.07, 6.45) is 0. The zero-order valence-corrected chi connectivity index (χ0v) is 15.7. The Morgan fingerprint density at radius 1 is 1.12 bits per heavy atom. The van der Waals surface area contributed by atoms with Gasteiger partial charge in [-0.1, -0.05) is 46.5 Å². The van der Waals surface area contributed by atoms with E-state index < -0.39 is 0 Å². The maximum atomic E-state index is 13.0. The SMILES string of the molecule is Fc1ccc(-c2nc(CSc3nn(-c4ccccc4)c(=S)s3)no2)cc1. The van der Waals surface area contributed by atoms with Crippen LogP contribution in [0.25, 0.3) is 17.1 Å². The summed E-state index contributed by atoms with van der Waals surface area (Å²) >= 11 is 8.31. The number of rotatable bonds is 5. The van der Waals surface area contributed by atoms with Gasteiger partial charge in [0.2, 0.25) is 0 Å². The summed E-state index contributed by atoms with van der Waals surface area (Å²) in [5.74, 6) is 1.10. The number of aromatic nitrogens is 4. The summed E-state index contributed by atoms with van der Waals surface area (Å²) in [4.78, 5) is 4.34. The Labute approximate surface area is 161 Å². The van der Waals surface area contributed by atoms with Crippen LogP contribution in [0.2, 0.25) is 0 Å². The van der Waals surface area contributed by atoms with Crippen molar-refractivity contribution in [3.05, 3.63) is 70.2 Å². The Bertz CT molecular complexity index is 1070. The second kappa shape index (κ2) is 7.48. The Hall–Kier alpha value is -2.36. The van der Waals surface area contributed by atoms with Crippen LogP contribution in [0.4, 0.5) is 4.39 Å². The first kappa shape index (κ1) is 17.1. The smallest absolute Gasteiger partial charge is 0.257 e. The van der Waals surface area contributed by atoms with Crippen LogP contribution in [0.1, 0.15) is 5.82 Å². The summed E-state index contributed by atoms with van der Waals surface area (Å²) < 4.78 is 21.5. The fourth-order valence-electron chi connectivity index (χ4n) is 2.20. The molecule has 4 rings (SSSR count). The Morgan fingerprint density at radius 2 is 1.88 bits per heavy atom. The number of hydrogen-bond acceptors (Lipinski definition) is 7. The molecule has 26 heavy (non-hydrogen) atoms. The Morgan fingerprint density at radius 3 is 2.65 bits per heavy atom. The summed E-state index contributed by atoms with van der Waals surface area (Å²) in [6, 6.07) is 15.7. The predicted octanol–water partition coefficient (Wildman–Crippen LogP) is 5.14. The van der Waals surface area contributed by atoms with Crippen LogP contribution in [0.3, 0.4) is 0 Å². The molecule has 0 aliphatic carbocycles. The molecule has 0 unspecified atom stereocenters. The number of benzene rings is 2. The molecule has 0 spiro atoms. The maximum Gasteiger partial charge on any atom is 0.257 e. The van der Waals surface area contributed by atoms with E-state index in [1.165, 1.54) is 35.2 Å². The van der Waals surface area contributed by atoms with E-state index in [1.807, 2.05) is 30.3 Å². The quantitative estimate of drug-likeness (QED) is 0.340. The zero-order chi connectivity index (χ0) is 17.9. The molecule has 0 atom stereocenters. The molecule has 0 aliphatic rings. The number of hydrogen-bond donors (Lipinski definition) is 0. The van der Waals surface area contributed by atoms with Gasteiger partial charge in [0.15, 0.2) is 14.1 Å². The third-order valence-corrected chi connectivity index (χ3v) is 5.78. The van der Waals surface area contributed by atoms with E-state index in [0.717, 1.165) is 10.0 Å². The Balaban J connectivity index is 1.47. The topological polar surface area (TPSA) is 56.7 Å². The first-order valence-corrected chi connectivity index (χ1v) is 9.77. The van der Waals surface area contributed by atoms with Crippen LogP contribution in [-0.2, 0) is 5.75 Å². The van der Waals surface area contributed by atoms with E-state index in [-0.39, 0.29) is 5.82 Å². The van der Waals surface area contributed by atoms with Gasteiger partial charge < -0.3 is 4.52 Å².